The highest BCUT2D eigenvalue weighted by atomic mass is 32.2. The second-order valence-corrected chi connectivity index (χ2v) is 10.2. The number of nitrogens with zero attached hydrogens (tertiary/aromatic N) is 2. The lowest BCUT2D eigenvalue weighted by Gasteiger charge is -2.13. The third-order valence-corrected chi connectivity index (χ3v) is 7.88. The smallest absolute Gasteiger partial charge is 0.253 e. The molecule has 2 amide bonds. The molecule has 0 aliphatic carbocycles. The molecule has 0 bridgehead atoms. The Balaban J connectivity index is 1.65. The molecular formula is C19H23N3O4S2. The summed E-state index contributed by atoms with van der Waals surface area (Å²) < 4.78 is 26.9. The summed E-state index contributed by atoms with van der Waals surface area (Å²) in [5.74, 6) is -0.410. The van der Waals surface area contributed by atoms with E-state index in [1.54, 1.807) is 50.5 Å². The fourth-order valence-corrected chi connectivity index (χ4v) is 6.03. The van der Waals surface area contributed by atoms with E-state index < -0.39 is 10.0 Å². The zero-order valence-electron chi connectivity index (χ0n) is 15.8. The molecule has 0 radical (unpaired) electrons. The van der Waals surface area contributed by atoms with Crippen molar-refractivity contribution in [1.29, 1.82) is 0 Å². The van der Waals surface area contributed by atoms with Crippen LogP contribution in [0.1, 0.15) is 28.1 Å². The number of rotatable bonds is 6. The third kappa shape index (κ3) is 4.60. The molecule has 9 heteroatoms. The summed E-state index contributed by atoms with van der Waals surface area (Å²) in [6.07, 6.45) is 1.84. The summed E-state index contributed by atoms with van der Waals surface area (Å²) in [6, 6.07) is 9.97. The first-order valence-corrected chi connectivity index (χ1v) is 11.2. The lowest BCUT2D eigenvalue weighted by atomic mass is 10.1. The van der Waals surface area contributed by atoms with Gasteiger partial charge in [0.1, 0.15) is 4.21 Å². The number of anilines is 1. The maximum atomic E-state index is 12.6. The van der Waals surface area contributed by atoms with E-state index in [0.29, 0.717) is 29.2 Å². The van der Waals surface area contributed by atoms with Crippen LogP contribution in [0.2, 0.25) is 0 Å². The molecule has 1 N–H and O–H groups in total. The number of carbonyl (C=O) groups is 2. The summed E-state index contributed by atoms with van der Waals surface area (Å²) in [4.78, 5) is 26.5. The fraction of sp³-hybridized carbons (Fsp3) is 0.368. The van der Waals surface area contributed by atoms with Gasteiger partial charge in [0.25, 0.3) is 15.9 Å². The van der Waals surface area contributed by atoms with Crippen molar-refractivity contribution in [2.45, 2.75) is 23.5 Å². The number of amides is 2. The Labute approximate surface area is 169 Å². The first-order chi connectivity index (χ1) is 13.3. The van der Waals surface area contributed by atoms with E-state index in [9.17, 15) is 18.0 Å². The van der Waals surface area contributed by atoms with Crippen LogP contribution < -0.4 is 5.32 Å². The van der Waals surface area contributed by atoms with Crippen LogP contribution in [0.15, 0.2) is 40.6 Å². The number of hydrogen-bond donors (Lipinski definition) is 1. The fourth-order valence-electron chi connectivity index (χ4n) is 3.00. The van der Waals surface area contributed by atoms with Crippen molar-refractivity contribution < 1.29 is 18.0 Å². The van der Waals surface area contributed by atoms with Crippen molar-refractivity contribution in [1.82, 2.24) is 9.21 Å². The van der Waals surface area contributed by atoms with Crippen molar-refractivity contribution in [2.24, 2.45) is 0 Å². The van der Waals surface area contributed by atoms with E-state index >= 15 is 0 Å². The Morgan fingerprint density at radius 2 is 1.86 bits per heavy atom. The topological polar surface area (TPSA) is 86.8 Å². The van der Waals surface area contributed by atoms with Crippen LogP contribution in [0.25, 0.3) is 0 Å². The average Bonchev–Trinajstić information content (AvgIpc) is 3.33. The Morgan fingerprint density at radius 3 is 2.54 bits per heavy atom. The molecule has 1 saturated heterocycles. The standard InChI is InChI=1S/C19H23N3O4S2/c1-21(2)19(24)14-6-5-7-15(12-14)20-17(23)13-16-8-9-18(27-16)28(25,26)22-10-3-4-11-22/h5-9,12H,3-4,10-11,13H2,1-2H3,(H,20,23). The maximum Gasteiger partial charge on any atom is 0.253 e. The zero-order chi connectivity index (χ0) is 20.3. The van der Waals surface area contributed by atoms with Gasteiger partial charge in [-0.3, -0.25) is 9.59 Å². The number of thiophene rings is 1. The van der Waals surface area contributed by atoms with E-state index in [4.69, 9.17) is 0 Å². The lowest BCUT2D eigenvalue weighted by Crippen LogP contribution is -2.27. The van der Waals surface area contributed by atoms with Crippen LogP contribution in [0.4, 0.5) is 5.69 Å². The van der Waals surface area contributed by atoms with Gasteiger partial charge in [-0.15, -0.1) is 11.3 Å². The number of benzene rings is 1. The van der Waals surface area contributed by atoms with Crippen molar-refractivity contribution >= 4 is 38.9 Å². The van der Waals surface area contributed by atoms with Gasteiger partial charge in [0.05, 0.1) is 6.42 Å². The van der Waals surface area contributed by atoms with Crippen LogP contribution in [0.5, 0.6) is 0 Å². The van der Waals surface area contributed by atoms with Crippen LogP contribution in [-0.2, 0) is 21.2 Å². The van der Waals surface area contributed by atoms with Gasteiger partial charge < -0.3 is 10.2 Å². The molecule has 0 atom stereocenters. The Bertz CT molecular complexity index is 977. The largest absolute Gasteiger partial charge is 0.345 e. The Hall–Kier alpha value is -2.23. The second kappa shape index (κ2) is 8.42. The maximum absolute atomic E-state index is 12.6. The summed E-state index contributed by atoms with van der Waals surface area (Å²) in [7, 11) is -0.128. The average molecular weight is 422 g/mol. The molecule has 2 aromatic rings. The van der Waals surface area contributed by atoms with Crippen molar-refractivity contribution in [2.75, 3.05) is 32.5 Å². The molecule has 1 fully saturated rings. The molecule has 0 saturated carbocycles. The van der Waals surface area contributed by atoms with Gasteiger partial charge in [-0.1, -0.05) is 6.07 Å². The Morgan fingerprint density at radius 1 is 1.14 bits per heavy atom. The highest BCUT2D eigenvalue weighted by molar-refractivity contribution is 7.91. The molecule has 3 rings (SSSR count). The van der Waals surface area contributed by atoms with Gasteiger partial charge >= 0.3 is 0 Å². The quantitative estimate of drug-likeness (QED) is 0.776. The minimum atomic E-state index is -3.46. The normalized spacial score (nSPS) is 14.8. The molecule has 28 heavy (non-hydrogen) atoms. The van der Waals surface area contributed by atoms with Crippen molar-refractivity contribution in [3.8, 4) is 0 Å². The molecule has 1 aromatic heterocycles. The monoisotopic (exact) mass is 421 g/mol. The predicted octanol–water partition coefficient (Wildman–Crippen LogP) is 2.42. The van der Waals surface area contributed by atoms with Gasteiger partial charge in [-0.05, 0) is 43.2 Å². The number of carbonyl (C=O) groups excluding carboxylic acids is 2. The predicted molar refractivity (Wildman–Crippen MR) is 109 cm³/mol. The first-order valence-electron chi connectivity index (χ1n) is 8.98. The summed E-state index contributed by atoms with van der Waals surface area (Å²) in [5.41, 5.74) is 1.01. The summed E-state index contributed by atoms with van der Waals surface area (Å²) in [6.45, 7) is 1.11. The van der Waals surface area contributed by atoms with E-state index in [-0.39, 0.29) is 22.4 Å². The van der Waals surface area contributed by atoms with E-state index in [0.717, 1.165) is 24.2 Å². The summed E-state index contributed by atoms with van der Waals surface area (Å²) in [5, 5.41) is 2.76. The Kier molecular flexibility index (Phi) is 6.17. The van der Waals surface area contributed by atoms with Crippen LogP contribution in [0, 0.1) is 0 Å². The van der Waals surface area contributed by atoms with Crippen LogP contribution in [-0.4, -0.2) is 56.6 Å². The highest BCUT2D eigenvalue weighted by Crippen LogP contribution is 2.27. The molecule has 2 heterocycles. The van der Waals surface area contributed by atoms with Gasteiger partial charge in [0.2, 0.25) is 5.91 Å². The van der Waals surface area contributed by atoms with Gasteiger partial charge in [-0.25, -0.2) is 8.42 Å². The van der Waals surface area contributed by atoms with Crippen LogP contribution >= 0.6 is 11.3 Å². The van der Waals surface area contributed by atoms with Crippen LogP contribution in [0.3, 0.4) is 0 Å². The lowest BCUT2D eigenvalue weighted by molar-refractivity contribution is -0.115. The SMILES string of the molecule is CN(C)C(=O)c1cccc(NC(=O)Cc2ccc(S(=O)(=O)N3CCCC3)s2)c1. The number of hydrogen-bond acceptors (Lipinski definition) is 5. The molecule has 0 unspecified atom stereocenters. The third-order valence-electron chi connectivity index (χ3n) is 4.43. The van der Waals surface area contributed by atoms with Gasteiger partial charge in [0.15, 0.2) is 0 Å². The minimum absolute atomic E-state index is 0.0754. The van der Waals surface area contributed by atoms with E-state index in [1.165, 1.54) is 9.21 Å². The first kappa shape index (κ1) is 20.5. The molecule has 0 spiro atoms. The molecule has 1 aliphatic rings. The number of sulfonamides is 1. The van der Waals surface area contributed by atoms with Crippen molar-refractivity contribution in [3.05, 3.63) is 46.8 Å². The molecule has 1 aliphatic heterocycles. The molecule has 1 aromatic carbocycles. The second-order valence-electron chi connectivity index (χ2n) is 6.84. The van der Waals surface area contributed by atoms with Crippen molar-refractivity contribution in [3.63, 3.8) is 0 Å². The highest BCUT2D eigenvalue weighted by Gasteiger charge is 2.28. The van der Waals surface area contributed by atoms with E-state index in [1.807, 2.05) is 0 Å². The van der Waals surface area contributed by atoms with Gasteiger partial charge in [0, 0.05) is 43.3 Å². The molecule has 150 valence electrons. The molecular weight excluding hydrogens is 398 g/mol. The van der Waals surface area contributed by atoms with E-state index in [2.05, 4.69) is 5.32 Å². The molecule has 7 nitrogen and oxygen atoms in total. The zero-order valence-corrected chi connectivity index (χ0v) is 17.5. The minimum Gasteiger partial charge on any atom is -0.345 e. The number of nitrogens with one attached hydrogen (secondary N) is 1. The summed E-state index contributed by atoms with van der Waals surface area (Å²) >= 11 is 1.13. The van der Waals surface area contributed by atoms with Gasteiger partial charge in [-0.2, -0.15) is 4.31 Å².